The van der Waals surface area contributed by atoms with Crippen molar-refractivity contribution in [3.8, 4) is 0 Å². The van der Waals surface area contributed by atoms with Gasteiger partial charge in [-0.1, -0.05) is 6.07 Å². The zero-order chi connectivity index (χ0) is 14.6. The topological polar surface area (TPSA) is 58.2 Å². The first-order valence-corrected chi connectivity index (χ1v) is 5.41. The van der Waals surface area contributed by atoms with Gasteiger partial charge in [0.15, 0.2) is 0 Å². The summed E-state index contributed by atoms with van der Waals surface area (Å²) in [5.74, 6) is -2.86. The molecule has 1 rings (SSSR count). The molecule has 0 saturated heterocycles. The summed E-state index contributed by atoms with van der Waals surface area (Å²) in [5.41, 5.74) is 2.30. The third kappa shape index (κ3) is 4.99. The summed E-state index contributed by atoms with van der Waals surface area (Å²) in [6.45, 7) is 2.92. The number of alkyl halides is 3. The van der Waals surface area contributed by atoms with Gasteiger partial charge in [-0.2, -0.15) is 13.2 Å². The Labute approximate surface area is 108 Å². The zero-order valence-electron chi connectivity index (χ0n) is 10.4. The van der Waals surface area contributed by atoms with E-state index in [1.54, 1.807) is 12.1 Å². The van der Waals surface area contributed by atoms with Gasteiger partial charge in [-0.15, -0.1) is 0 Å². The van der Waals surface area contributed by atoms with Crippen molar-refractivity contribution in [3.63, 3.8) is 0 Å². The van der Waals surface area contributed by atoms with Crippen LogP contribution < -0.4 is 10.6 Å². The normalized spacial score (nSPS) is 11.0. The summed E-state index contributed by atoms with van der Waals surface area (Å²) in [6.07, 6.45) is -4.99. The molecule has 0 spiro atoms. The average molecular weight is 274 g/mol. The van der Waals surface area contributed by atoms with Gasteiger partial charge in [0.2, 0.25) is 5.91 Å². The quantitative estimate of drug-likeness (QED) is 0.884. The highest BCUT2D eigenvalue weighted by Gasteiger charge is 2.38. The van der Waals surface area contributed by atoms with E-state index in [9.17, 15) is 22.8 Å². The highest BCUT2D eigenvalue weighted by Crippen LogP contribution is 2.15. The molecule has 4 nitrogen and oxygen atoms in total. The van der Waals surface area contributed by atoms with Crippen LogP contribution in [0.25, 0.3) is 0 Å². The molecule has 0 bridgehead atoms. The summed E-state index contributed by atoms with van der Waals surface area (Å²) in [4.78, 5) is 21.9. The summed E-state index contributed by atoms with van der Waals surface area (Å²) >= 11 is 0. The maximum absolute atomic E-state index is 11.9. The minimum Gasteiger partial charge on any atom is -0.339 e. The van der Waals surface area contributed by atoms with Gasteiger partial charge in [0, 0.05) is 5.69 Å². The Kier molecular flexibility index (Phi) is 4.52. The number of aryl methyl sites for hydroxylation is 2. The Morgan fingerprint density at radius 2 is 1.63 bits per heavy atom. The number of anilines is 1. The van der Waals surface area contributed by atoms with Crippen molar-refractivity contribution in [3.05, 3.63) is 29.3 Å². The van der Waals surface area contributed by atoms with E-state index < -0.39 is 24.5 Å². The number of carbonyl (C=O) groups excluding carboxylic acids is 2. The van der Waals surface area contributed by atoms with Crippen LogP contribution in [0.2, 0.25) is 0 Å². The van der Waals surface area contributed by atoms with Crippen LogP contribution in [0.5, 0.6) is 0 Å². The van der Waals surface area contributed by atoms with Crippen molar-refractivity contribution in [1.82, 2.24) is 5.32 Å². The second-order valence-corrected chi connectivity index (χ2v) is 4.11. The van der Waals surface area contributed by atoms with Crippen LogP contribution in [0.3, 0.4) is 0 Å². The first-order valence-electron chi connectivity index (χ1n) is 5.41. The maximum atomic E-state index is 11.9. The number of rotatable bonds is 3. The lowest BCUT2D eigenvalue weighted by Crippen LogP contribution is -2.41. The number of hydrogen-bond donors (Lipinski definition) is 2. The van der Waals surface area contributed by atoms with Gasteiger partial charge >= 0.3 is 12.1 Å². The van der Waals surface area contributed by atoms with E-state index >= 15 is 0 Å². The standard InChI is InChI=1S/C12H13F3N2O2/c1-7-3-8(2)5-9(4-7)17-10(18)6-16-11(19)12(13,14)15/h3-5H,6H2,1-2H3,(H,16,19)(H,17,18). The minimum atomic E-state index is -4.99. The van der Waals surface area contributed by atoms with E-state index in [1.807, 2.05) is 19.9 Å². The molecule has 0 aliphatic rings. The summed E-state index contributed by atoms with van der Waals surface area (Å²) in [5, 5.41) is 3.91. The molecular weight excluding hydrogens is 261 g/mol. The fourth-order valence-electron chi connectivity index (χ4n) is 1.51. The van der Waals surface area contributed by atoms with Gasteiger partial charge in [0.05, 0.1) is 6.54 Å². The molecule has 2 amide bonds. The number of benzene rings is 1. The second-order valence-electron chi connectivity index (χ2n) is 4.11. The molecule has 0 radical (unpaired) electrons. The fraction of sp³-hybridized carbons (Fsp3) is 0.333. The highest BCUT2D eigenvalue weighted by atomic mass is 19.4. The summed E-state index contributed by atoms with van der Waals surface area (Å²) in [6, 6.07) is 5.24. The van der Waals surface area contributed by atoms with Gasteiger partial charge < -0.3 is 10.6 Å². The molecular formula is C12H13F3N2O2. The van der Waals surface area contributed by atoms with Crippen LogP contribution >= 0.6 is 0 Å². The van der Waals surface area contributed by atoms with Crippen LogP contribution in [-0.2, 0) is 9.59 Å². The predicted molar refractivity (Wildman–Crippen MR) is 63.6 cm³/mol. The Bertz CT molecular complexity index is 478. The summed E-state index contributed by atoms with van der Waals surface area (Å²) < 4.78 is 35.7. The molecule has 0 aliphatic carbocycles. The SMILES string of the molecule is Cc1cc(C)cc(NC(=O)CNC(=O)C(F)(F)F)c1. The summed E-state index contributed by atoms with van der Waals surface area (Å²) in [7, 11) is 0. The highest BCUT2D eigenvalue weighted by molar-refractivity contribution is 5.95. The monoisotopic (exact) mass is 274 g/mol. The van der Waals surface area contributed by atoms with Crippen molar-refractivity contribution in [1.29, 1.82) is 0 Å². The molecule has 19 heavy (non-hydrogen) atoms. The van der Waals surface area contributed by atoms with Gasteiger partial charge in [0.25, 0.3) is 0 Å². The molecule has 0 unspecified atom stereocenters. The van der Waals surface area contributed by atoms with E-state index in [1.165, 1.54) is 5.32 Å². The van der Waals surface area contributed by atoms with Crippen LogP contribution in [-0.4, -0.2) is 24.5 Å². The second kappa shape index (κ2) is 5.73. The van der Waals surface area contributed by atoms with E-state index in [-0.39, 0.29) is 0 Å². The van der Waals surface area contributed by atoms with Gasteiger partial charge in [-0.25, -0.2) is 0 Å². The van der Waals surface area contributed by atoms with Crippen LogP contribution in [0.1, 0.15) is 11.1 Å². The molecule has 0 atom stereocenters. The smallest absolute Gasteiger partial charge is 0.339 e. The molecule has 1 aromatic rings. The molecule has 0 aromatic heterocycles. The molecule has 0 aliphatic heterocycles. The van der Waals surface area contributed by atoms with Crippen molar-refractivity contribution >= 4 is 17.5 Å². The molecule has 0 saturated carbocycles. The molecule has 0 heterocycles. The van der Waals surface area contributed by atoms with Crippen molar-refractivity contribution in [2.75, 3.05) is 11.9 Å². The fourth-order valence-corrected chi connectivity index (χ4v) is 1.51. The Hall–Kier alpha value is -2.05. The van der Waals surface area contributed by atoms with Crippen molar-refractivity contribution in [2.24, 2.45) is 0 Å². The lowest BCUT2D eigenvalue weighted by atomic mass is 10.1. The third-order valence-electron chi connectivity index (χ3n) is 2.17. The van der Waals surface area contributed by atoms with Crippen LogP contribution in [0.4, 0.5) is 18.9 Å². The van der Waals surface area contributed by atoms with E-state index in [4.69, 9.17) is 0 Å². The number of nitrogens with one attached hydrogen (secondary N) is 2. The molecule has 7 heteroatoms. The largest absolute Gasteiger partial charge is 0.471 e. The lowest BCUT2D eigenvalue weighted by molar-refractivity contribution is -0.173. The number of halogens is 3. The Morgan fingerprint density at radius 3 is 2.11 bits per heavy atom. The minimum absolute atomic E-state index is 0.476. The maximum Gasteiger partial charge on any atom is 0.471 e. The first kappa shape index (κ1) is 15.0. The van der Waals surface area contributed by atoms with Crippen molar-refractivity contribution < 1.29 is 22.8 Å². The van der Waals surface area contributed by atoms with E-state index in [0.717, 1.165) is 11.1 Å². The average Bonchev–Trinajstić information content (AvgIpc) is 2.22. The lowest BCUT2D eigenvalue weighted by Gasteiger charge is -2.09. The number of hydrogen-bond acceptors (Lipinski definition) is 2. The Balaban J connectivity index is 2.54. The van der Waals surface area contributed by atoms with Crippen LogP contribution in [0.15, 0.2) is 18.2 Å². The van der Waals surface area contributed by atoms with E-state index in [2.05, 4.69) is 5.32 Å². The van der Waals surface area contributed by atoms with Gasteiger partial charge in [-0.3, -0.25) is 9.59 Å². The Morgan fingerprint density at radius 1 is 1.11 bits per heavy atom. The van der Waals surface area contributed by atoms with Crippen LogP contribution in [0, 0.1) is 13.8 Å². The molecule has 104 valence electrons. The molecule has 0 fully saturated rings. The zero-order valence-corrected chi connectivity index (χ0v) is 10.4. The first-order chi connectivity index (χ1) is 8.68. The predicted octanol–water partition coefficient (Wildman–Crippen LogP) is 1.92. The van der Waals surface area contributed by atoms with Gasteiger partial charge in [-0.05, 0) is 37.1 Å². The molecule has 2 N–H and O–H groups in total. The number of amides is 2. The van der Waals surface area contributed by atoms with Crippen molar-refractivity contribution in [2.45, 2.75) is 20.0 Å². The number of carbonyl (C=O) groups is 2. The molecule has 1 aromatic carbocycles. The van der Waals surface area contributed by atoms with Gasteiger partial charge in [0.1, 0.15) is 0 Å². The third-order valence-corrected chi connectivity index (χ3v) is 2.17. The van der Waals surface area contributed by atoms with E-state index in [0.29, 0.717) is 5.69 Å².